The molecule has 0 fully saturated rings. The van der Waals surface area contributed by atoms with Crippen molar-refractivity contribution >= 4 is 12.1 Å². The lowest BCUT2D eigenvalue weighted by molar-refractivity contribution is -0.161. The van der Waals surface area contributed by atoms with Gasteiger partial charge in [0, 0.05) is 0 Å². The summed E-state index contributed by atoms with van der Waals surface area (Å²) >= 11 is 0. The zero-order valence-electron chi connectivity index (χ0n) is 6.90. The predicted octanol–water partition coefficient (Wildman–Crippen LogP) is -2.15. The number of aliphatic hydroxyl groups is 3. The Morgan fingerprint density at radius 2 is 1.71 bits per heavy atom. The first-order valence-corrected chi connectivity index (χ1v) is 3.49. The summed E-state index contributed by atoms with van der Waals surface area (Å²) < 4.78 is 3.79. The van der Waals surface area contributed by atoms with Crippen LogP contribution in [0.3, 0.4) is 0 Å². The molecule has 0 heterocycles. The fourth-order valence-corrected chi connectivity index (χ4v) is 0.685. The van der Waals surface area contributed by atoms with Gasteiger partial charge in [0.05, 0.1) is 6.61 Å². The van der Waals surface area contributed by atoms with Gasteiger partial charge in [-0.15, -0.1) is 0 Å². The highest BCUT2D eigenvalue weighted by Crippen LogP contribution is 2.05. The highest BCUT2D eigenvalue weighted by molar-refractivity contribution is 5.76. The van der Waals surface area contributed by atoms with Crippen LogP contribution in [-0.2, 0) is 9.53 Å². The molecular formula is C6H10O8. The van der Waals surface area contributed by atoms with E-state index in [1.807, 2.05) is 0 Å². The Morgan fingerprint density at radius 3 is 2.00 bits per heavy atom. The maximum absolute atomic E-state index is 10.4. The van der Waals surface area contributed by atoms with Gasteiger partial charge < -0.3 is 30.3 Å². The van der Waals surface area contributed by atoms with Gasteiger partial charge in [-0.25, -0.2) is 9.59 Å². The normalized spacial score (nSPS) is 16.8. The summed E-state index contributed by atoms with van der Waals surface area (Å²) in [4.78, 5) is 20.3. The second-order valence-corrected chi connectivity index (χ2v) is 2.38. The van der Waals surface area contributed by atoms with Crippen molar-refractivity contribution in [1.29, 1.82) is 0 Å². The van der Waals surface area contributed by atoms with E-state index in [-0.39, 0.29) is 0 Å². The third kappa shape index (κ3) is 3.56. The zero-order valence-corrected chi connectivity index (χ0v) is 6.90. The highest BCUT2D eigenvalue weighted by atomic mass is 16.7. The SMILES string of the molecule is O=C(O)O[C@@H](C(=O)O)[C@@H](O)C(O)CO. The predicted molar refractivity (Wildman–Crippen MR) is 39.6 cm³/mol. The van der Waals surface area contributed by atoms with Crippen molar-refractivity contribution in [2.45, 2.75) is 18.3 Å². The van der Waals surface area contributed by atoms with Crippen LogP contribution < -0.4 is 0 Å². The molecule has 5 N–H and O–H groups in total. The van der Waals surface area contributed by atoms with Crippen LogP contribution in [-0.4, -0.2) is 62.6 Å². The summed E-state index contributed by atoms with van der Waals surface area (Å²) in [5.41, 5.74) is 0. The Morgan fingerprint density at radius 1 is 1.21 bits per heavy atom. The number of aliphatic carboxylic acids is 1. The Hall–Kier alpha value is -1.38. The molecule has 0 amide bonds. The van der Waals surface area contributed by atoms with Crippen molar-refractivity contribution in [3.05, 3.63) is 0 Å². The Labute approximate surface area is 78.0 Å². The van der Waals surface area contributed by atoms with E-state index in [0.29, 0.717) is 0 Å². The molecule has 8 heteroatoms. The molecule has 0 aromatic carbocycles. The molecule has 14 heavy (non-hydrogen) atoms. The first-order valence-electron chi connectivity index (χ1n) is 3.49. The van der Waals surface area contributed by atoms with E-state index in [4.69, 9.17) is 25.5 Å². The number of carboxylic acids is 1. The van der Waals surface area contributed by atoms with Crippen molar-refractivity contribution in [3.63, 3.8) is 0 Å². The third-order valence-electron chi connectivity index (χ3n) is 1.36. The first kappa shape index (κ1) is 12.6. The van der Waals surface area contributed by atoms with Crippen LogP contribution in [0.2, 0.25) is 0 Å². The summed E-state index contributed by atoms with van der Waals surface area (Å²) in [7, 11) is 0. The van der Waals surface area contributed by atoms with Crippen LogP contribution in [0.5, 0.6) is 0 Å². The summed E-state index contributed by atoms with van der Waals surface area (Å²) in [5.74, 6) is -1.76. The van der Waals surface area contributed by atoms with Gasteiger partial charge in [-0.05, 0) is 0 Å². The summed E-state index contributed by atoms with van der Waals surface area (Å²) in [6, 6.07) is 0. The molecule has 0 aliphatic heterocycles. The molecule has 8 nitrogen and oxygen atoms in total. The average molecular weight is 210 g/mol. The molecule has 0 aliphatic carbocycles. The Bertz CT molecular complexity index is 214. The van der Waals surface area contributed by atoms with E-state index < -0.39 is 37.0 Å². The van der Waals surface area contributed by atoms with Crippen molar-refractivity contribution < 1.29 is 39.9 Å². The second-order valence-electron chi connectivity index (χ2n) is 2.38. The summed E-state index contributed by atoms with van der Waals surface area (Å²) in [5, 5.41) is 42.7. The van der Waals surface area contributed by atoms with E-state index >= 15 is 0 Å². The average Bonchev–Trinajstić information content (AvgIpc) is 2.11. The third-order valence-corrected chi connectivity index (χ3v) is 1.36. The Kier molecular flexibility index (Phi) is 4.84. The van der Waals surface area contributed by atoms with Crippen LogP contribution in [0.15, 0.2) is 0 Å². The Balaban J connectivity index is 4.48. The molecule has 3 atom stereocenters. The van der Waals surface area contributed by atoms with Crippen LogP contribution in [0.25, 0.3) is 0 Å². The molecule has 0 saturated heterocycles. The largest absolute Gasteiger partial charge is 0.506 e. The van der Waals surface area contributed by atoms with Crippen molar-refractivity contribution in [1.82, 2.24) is 0 Å². The standard InChI is InChI=1S/C6H10O8/c7-1-2(8)3(9)4(5(10)11)14-6(12)13/h2-4,7-9H,1H2,(H,10,11)(H,12,13)/t2?,3-,4+/m0/s1. The molecule has 0 rings (SSSR count). The number of carbonyl (C=O) groups is 2. The molecule has 82 valence electrons. The fourth-order valence-electron chi connectivity index (χ4n) is 0.685. The topological polar surface area (TPSA) is 145 Å². The minimum absolute atomic E-state index is 0.909. The van der Waals surface area contributed by atoms with E-state index in [1.165, 1.54) is 0 Å². The van der Waals surface area contributed by atoms with Crippen molar-refractivity contribution in [2.75, 3.05) is 6.61 Å². The van der Waals surface area contributed by atoms with Gasteiger partial charge >= 0.3 is 12.1 Å². The molecule has 0 spiro atoms. The van der Waals surface area contributed by atoms with E-state index in [0.717, 1.165) is 0 Å². The number of ether oxygens (including phenoxy) is 1. The van der Waals surface area contributed by atoms with Crippen LogP contribution in [0.1, 0.15) is 0 Å². The number of hydrogen-bond donors (Lipinski definition) is 5. The lowest BCUT2D eigenvalue weighted by Gasteiger charge is -2.20. The molecule has 0 bridgehead atoms. The van der Waals surface area contributed by atoms with Gasteiger partial charge in [0.25, 0.3) is 0 Å². The smallest absolute Gasteiger partial charge is 0.478 e. The number of hydrogen-bond acceptors (Lipinski definition) is 6. The van der Waals surface area contributed by atoms with E-state index in [1.54, 1.807) is 0 Å². The van der Waals surface area contributed by atoms with Gasteiger partial charge in [0.1, 0.15) is 12.2 Å². The quantitative estimate of drug-likeness (QED) is 0.323. The highest BCUT2D eigenvalue weighted by Gasteiger charge is 2.35. The van der Waals surface area contributed by atoms with Gasteiger partial charge in [0.2, 0.25) is 6.10 Å². The van der Waals surface area contributed by atoms with Gasteiger partial charge in [-0.1, -0.05) is 0 Å². The minimum atomic E-state index is -2.13. The second kappa shape index (κ2) is 5.37. The van der Waals surface area contributed by atoms with Crippen LogP contribution >= 0.6 is 0 Å². The van der Waals surface area contributed by atoms with Gasteiger partial charge in [0.15, 0.2) is 0 Å². The first-order chi connectivity index (χ1) is 6.40. The lowest BCUT2D eigenvalue weighted by Crippen LogP contribution is -2.46. The maximum Gasteiger partial charge on any atom is 0.506 e. The molecule has 0 aromatic heterocycles. The van der Waals surface area contributed by atoms with E-state index in [9.17, 15) is 9.59 Å². The molecule has 0 radical (unpaired) electrons. The van der Waals surface area contributed by atoms with E-state index in [2.05, 4.69) is 4.74 Å². The molecule has 0 aromatic rings. The van der Waals surface area contributed by atoms with Crippen molar-refractivity contribution in [2.24, 2.45) is 0 Å². The molecular weight excluding hydrogens is 200 g/mol. The maximum atomic E-state index is 10.4. The number of carboxylic acid groups (broad SMARTS) is 2. The van der Waals surface area contributed by atoms with Gasteiger partial charge in [-0.2, -0.15) is 0 Å². The fraction of sp³-hybridized carbons (Fsp3) is 0.667. The summed E-state index contributed by atoms with van der Waals surface area (Å²) in [6.45, 7) is -0.909. The minimum Gasteiger partial charge on any atom is -0.478 e. The van der Waals surface area contributed by atoms with Crippen LogP contribution in [0.4, 0.5) is 4.79 Å². The van der Waals surface area contributed by atoms with Crippen molar-refractivity contribution in [3.8, 4) is 0 Å². The molecule has 0 aliphatic rings. The number of aliphatic hydroxyl groups excluding tert-OH is 3. The molecule has 1 unspecified atom stereocenters. The summed E-state index contributed by atoms with van der Waals surface area (Å²) in [6.07, 6.45) is -7.83. The monoisotopic (exact) mass is 210 g/mol. The molecule has 0 saturated carbocycles. The van der Waals surface area contributed by atoms with Gasteiger partial charge in [-0.3, -0.25) is 0 Å². The zero-order chi connectivity index (χ0) is 11.3. The number of rotatable bonds is 5. The van der Waals surface area contributed by atoms with Crippen LogP contribution in [0, 0.1) is 0 Å². The lowest BCUT2D eigenvalue weighted by atomic mass is 10.1.